The van der Waals surface area contributed by atoms with Gasteiger partial charge in [-0.1, -0.05) is 13.8 Å². The molecule has 0 unspecified atom stereocenters. The quantitative estimate of drug-likeness (QED) is 0.472. The summed E-state index contributed by atoms with van der Waals surface area (Å²) in [4.78, 5) is 4.45. The first-order valence-corrected chi connectivity index (χ1v) is 5.83. The van der Waals surface area contributed by atoms with Gasteiger partial charge >= 0.3 is 0 Å². The monoisotopic (exact) mass is 339 g/mol. The van der Waals surface area contributed by atoms with Crippen LogP contribution in [-0.4, -0.2) is 18.0 Å². The predicted molar refractivity (Wildman–Crippen MR) is 81.3 cm³/mol. The van der Waals surface area contributed by atoms with Crippen molar-refractivity contribution in [3.63, 3.8) is 0 Å². The van der Waals surface area contributed by atoms with Crippen LogP contribution < -0.4 is 11.1 Å². The van der Waals surface area contributed by atoms with Crippen LogP contribution in [0.25, 0.3) is 0 Å². The van der Waals surface area contributed by atoms with Crippen LogP contribution in [0.2, 0.25) is 0 Å². The normalized spacial score (nSPS) is 19.2. The Labute approximate surface area is 117 Å². The van der Waals surface area contributed by atoms with Crippen molar-refractivity contribution in [2.24, 2.45) is 22.1 Å². The molecule has 0 saturated heterocycles. The van der Waals surface area contributed by atoms with E-state index in [1.165, 1.54) is 12.8 Å². The summed E-state index contributed by atoms with van der Waals surface area (Å²) < 4.78 is 0. The second-order valence-corrected chi connectivity index (χ2v) is 6.09. The molecule has 1 rings (SSSR count). The van der Waals surface area contributed by atoms with Gasteiger partial charge in [0.1, 0.15) is 0 Å². The summed E-state index contributed by atoms with van der Waals surface area (Å²) in [6.45, 7) is 11.7. The number of nitrogens with one attached hydrogen (secondary N) is 1. The van der Waals surface area contributed by atoms with E-state index < -0.39 is 0 Å². The van der Waals surface area contributed by atoms with Crippen molar-refractivity contribution in [3.8, 4) is 0 Å². The van der Waals surface area contributed by atoms with Crippen LogP contribution in [0.5, 0.6) is 0 Å². The van der Waals surface area contributed by atoms with Gasteiger partial charge in [-0.25, -0.2) is 0 Å². The highest BCUT2D eigenvalue weighted by atomic mass is 127. The van der Waals surface area contributed by atoms with E-state index in [1.807, 2.05) is 0 Å². The minimum absolute atomic E-state index is 0. The largest absolute Gasteiger partial charge is 0.370 e. The molecule has 1 saturated carbocycles. The number of nitrogens with two attached hydrogens (primary N) is 1. The van der Waals surface area contributed by atoms with Gasteiger partial charge in [0.2, 0.25) is 0 Å². The van der Waals surface area contributed by atoms with Gasteiger partial charge in [0.25, 0.3) is 0 Å². The maximum Gasteiger partial charge on any atom is 0.189 e. The summed E-state index contributed by atoms with van der Waals surface area (Å²) in [5, 5.41) is 3.19. The standard InChI is InChI=1S/C12H25N3.HI/c1-9(2)12(6-7-12)8-14-10(13)15-11(3,4)5;/h9H,6-8H2,1-5H3,(H3,13,14,15);1H. The Bertz CT molecular complexity index is 249. The van der Waals surface area contributed by atoms with Gasteiger partial charge in [0.15, 0.2) is 5.96 Å². The number of halogens is 1. The van der Waals surface area contributed by atoms with Crippen molar-refractivity contribution < 1.29 is 0 Å². The van der Waals surface area contributed by atoms with Gasteiger partial charge in [-0.15, -0.1) is 24.0 Å². The van der Waals surface area contributed by atoms with Crippen LogP contribution in [0, 0.1) is 11.3 Å². The zero-order valence-corrected chi connectivity index (χ0v) is 13.5. The van der Waals surface area contributed by atoms with Crippen LogP contribution >= 0.6 is 24.0 Å². The number of hydrogen-bond donors (Lipinski definition) is 2. The Hall–Kier alpha value is 0. The molecule has 1 aliphatic carbocycles. The molecule has 0 amide bonds. The van der Waals surface area contributed by atoms with Crippen molar-refractivity contribution in [1.82, 2.24) is 5.32 Å². The van der Waals surface area contributed by atoms with E-state index in [0.717, 1.165) is 6.54 Å². The molecular formula is C12H26IN3. The molecule has 96 valence electrons. The third kappa shape index (κ3) is 4.89. The minimum Gasteiger partial charge on any atom is -0.370 e. The number of guanidine groups is 1. The van der Waals surface area contributed by atoms with E-state index >= 15 is 0 Å². The average Bonchev–Trinajstić information content (AvgIpc) is 2.77. The van der Waals surface area contributed by atoms with E-state index in [-0.39, 0.29) is 29.5 Å². The molecule has 0 spiro atoms. The van der Waals surface area contributed by atoms with E-state index in [9.17, 15) is 0 Å². The first-order valence-electron chi connectivity index (χ1n) is 5.83. The predicted octanol–water partition coefficient (Wildman–Crippen LogP) is 2.74. The molecule has 0 aromatic heterocycles. The summed E-state index contributed by atoms with van der Waals surface area (Å²) in [5.74, 6) is 1.29. The van der Waals surface area contributed by atoms with Gasteiger partial charge < -0.3 is 11.1 Å². The lowest BCUT2D eigenvalue weighted by Crippen LogP contribution is -2.45. The SMILES string of the molecule is CC(C)C1(CN=C(N)NC(C)(C)C)CC1.I. The highest BCUT2D eigenvalue weighted by Gasteiger charge is 2.45. The lowest BCUT2D eigenvalue weighted by atomic mass is 9.93. The summed E-state index contributed by atoms with van der Waals surface area (Å²) in [7, 11) is 0. The highest BCUT2D eigenvalue weighted by Crippen LogP contribution is 2.51. The van der Waals surface area contributed by atoms with E-state index in [1.54, 1.807) is 0 Å². The molecule has 3 N–H and O–H groups in total. The molecule has 0 aliphatic heterocycles. The molecule has 16 heavy (non-hydrogen) atoms. The Morgan fingerprint density at radius 2 is 1.88 bits per heavy atom. The maximum atomic E-state index is 5.83. The van der Waals surface area contributed by atoms with E-state index in [0.29, 0.717) is 17.3 Å². The highest BCUT2D eigenvalue weighted by molar-refractivity contribution is 14.0. The Balaban J connectivity index is 0.00000225. The third-order valence-corrected chi connectivity index (χ3v) is 3.18. The van der Waals surface area contributed by atoms with Crippen molar-refractivity contribution in [2.45, 2.75) is 53.0 Å². The fraction of sp³-hybridized carbons (Fsp3) is 0.917. The van der Waals surface area contributed by atoms with Crippen molar-refractivity contribution in [1.29, 1.82) is 0 Å². The molecule has 1 fully saturated rings. The Morgan fingerprint density at radius 1 is 1.38 bits per heavy atom. The van der Waals surface area contributed by atoms with Crippen molar-refractivity contribution in [2.75, 3.05) is 6.54 Å². The van der Waals surface area contributed by atoms with Gasteiger partial charge in [0.05, 0.1) is 0 Å². The smallest absolute Gasteiger partial charge is 0.189 e. The molecule has 1 aliphatic rings. The molecule has 3 nitrogen and oxygen atoms in total. The first kappa shape index (κ1) is 16.0. The summed E-state index contributed by atoms with van der Waals surface area (Å²) in [6.07, 6.45) is 2.61. The number of nitrogens with zero attached hydrogens (tertiary/aromatic N) is 1. The lowest BCUT2D eigenvalue weighted by molar-refractivity contribution is 0.370. The Kier molecular flexibility index (Phi) is 5.56. The summed E-state index contributed by atoms with van der Waals surface area (Å²) in [6, 6.07) is 0. The van der Waals surface area contributed by atoms with Gasteiger partial charge in [-0.05, 0) is 44.9 Å². The maximum absolute atomic E-state index is 5.83. The van der Waals surface area contributed by atoms with Crippen LogP contribution in [0.3, 0.4) is 0 Å². The number of hydrogen-bond acceptors (Lipinski definition) is 1. The number of rotatable bonds is 3. The molecule has 0 bridgehead atoms. The topological polar surface area (TPSA) is 50.4 Å². The first-order chi connectivity index (χ1) is 6.75. The molecule has 0 atom stereocenters. The summed E-state index contributed by atoms with van der Waals surface area (Å²) >= 11 is 0. The zero-order chi connectivity index (χ0) is 11.7. The fourth-order valence-electron chi connectivity index (χ4n) is 1.74. The molecule has 0 aromatic rings. The van der Waals surface area contributed by atoms with Gasteiger partial charge in [-0.3, -0.25) is 4.99 Å². The third-order valence-electron chi connectivity index (χ3n) is 3.18. The van der Waals surface area contributed by atoms with Gasteiger partial charge in [-0.2, -0.15) is 0 Å². The molecule has 0 radical (unpaired) electrons. The minimum atomic E-state index is 0. The van der Waals surface area contributed by atoms with Crippen molar-refractivity contribution in [3.05, 3.63) is 0 Å². The average molecular weight is 339 g/mol. The van der Waals surface area contributed by atoms with Crippen LogP contribution in [0.15, 0.2) is 4.99 Å². The van der Waals surface area contributed by atoms with Crippen LogP contribution in [-0.2, 0) is 0 Å². The zero-order valence-electron chi connectivity index (χ0n) is 11.1. The molecular weight excluding hydrogens is 313 g/mol. The molecule has 4 heteroatoms. The fourth-order valence-corrected chi connectivity index (χ4v) is 1.74. The van der Waals surface area contributed by atoms with Crippen LogP contribution in [0.1, 0.15) is 47.5 Å². The van der Waals surface area contributed by atoms with Crippen LogP contribution in [0.4, 0.5) is 0 Å². The molecule has 0 aromatic carbocycles. The molecule has 0 heterocycles. The second-order valence-electron chi connectivity index (χ2n) is 6.09. The van der Waals surface area contributed by atoms with Gasteiger partial charge in [0, 0.05) is 12.1 Å². The lowest BCUT2D eigenvalue weighted by Gasteiger charge is -2.22. The van der Waals surface area contributed by atoms with Crippen molar-refractivity contribution >= 4 is 29.9 Å². The summed E-state index contributed by atoms with van der Waals surface area (Å²) in [5.41, 5.74) is 6.28. The van der Waals surface area contributed by atoms with E-state index in [4.69, 9.17) is 5.73 Å². The van der Waals surface area contributed by atoms with E-state index in [2.05, 4.69) is 44.9 Å². The second kappa shape index (κ2) is 5.56. The Morgan fingerprint density at radius 3 is 2.19 bits per heavy atom. The number of aliphatic imine (C=N–C) groups is 1.